The molecule has 0 aliphatic carbocycles. The van der Waals surface area contributed by atoms with E-state index in [0.717, 1.165) is 16.8 Å². The minimum Gasteiger partial charge on any atom is -0.303 e. The van der Waals surface area contributed by atoms with Gasteiger partial charge in [0.05, 0.1) is 17.7 Å². The lowest BCUT2D eigenvalue weighted by Gasteiger charge is -1.99. The van der Waals surface area contributed by atoms with Crippen molar-refractivity contribution in [2.45, 2.75) is 0 Å². The summed E-state index contributed by atoms with van der Waals surface area (Å²) in [7, 11) is 0. The average Bonchev–Trinajstić information content (AvgIpc) is 2.94. The molecule has 2 aromatic rings. The number of rotatable bonds is 3. The van der Waals surface area contributed by atoms with Gasteiger partial charge < -0.3 is 5.32 Å². The number of hydrogen-bond donors (Lipinski definition) is 1. The van der Waals surface area contributed by atoms with E-state index in [-0.39, 0.29) is 5.91 Å². The SMILES string of the molecule is O=C1CSC(=NN=Cc2ccc(-c3ccncn3)cc2)N1. The number of carbonyl (C=O) groups is 1. The number of benzene rings is 1. The maximum atomic E-state index is 11.0. The summed E-state index contributed by atoms with van der Waals surface area (Å²) < 4.78 is 0. The van der Waals surface area contributed by atoms with Crippen molar-refractivity contribution in [2.24, 2.45) is 10.2 Å². The Hall–Kier alpha value is -2.54. The first-order valence-electron chi connectivity index (χ1n) is 6.21. The summed E-state index contributed by atoms with van der Waals surface area (Å²) in [6, 6.07) is 9.64. The fraction of sp³-hybridized carbons (Fsp3) is 0.0714. The van der Waals surface area contributed by atoms with E-state index in [0.29, 0.717) is 10.9 Å². The van der Waals surface area contributed by atoms with Gasteiger partial charge in [-0.15, -0.1) is 5.10 Å². The largest absolute Gasteiger partial charge is 0.303 e. The number of amidine groups is 1. The molecule has 7 heteroatoms. The highest BCUT2D eigenvalue weighted by Gasteiger charge is 2.15. The van der Waals surface area contributed by atoms with Crippen molar-refractivity contribution in [1.82, 2.24) is 15.3 Å². The summed E-state index contributed by atoms with van der Waals surface area (Å²) >= 11 is 1.35. The van der Waals surface area contributed by atoms with Gasteiger partial charge in [-0.1, -0.05) is 36.0 Å². The van der Waals surface area contributed by atoms with Gasteiger partial charge >= 0.3 is 0 Å². The Bertz CT molecular complexity index is 697. The van der Waals surface area contributed by atoms with Crippen LogP contribution in [0.5, 0.6) is 0 Å². The number of carbonyl (C=O) groups excluding carboxylic acids is 1. The molecule has 21 heavy (non-hydrogen) atoms. The van der Waals surface area contributed by atoms with Crippen molar-refractivity contribution < 1.29 is 4.79 Å². The summed E-state index contributed by atoms with van der Waals surface area (Å²) in [6.07, 6.45) is 4.87. The molecule has 1 aromatic heterocycles. The van der Waals surface area contributed by atoms with E-state index < -0.39 is 0 Å². The number of amides is 1. The van der Waals surface area contributed by atoms with Gasteiger partial charge in [0.25, 0.3) is 0 Å². The average molecular weight is 297 g/mol. The van der Waals surface area contributed by atoms with Crippen LogP contribution in [0, 0.1) is 0 Å². The minimum absolute atomic E-state index is 0.0387. The summed E-state index contributed by atoms with van der Waals surface area (Å²) in [5.41, 5.74) is 2.81. The van der Waals surface area contributed by atoms with Crippen molar-refractivity contribution in [2.75, 3.05) is 5.75 Å². The van der Waals surface area contributed by atoms with Crippen molar-refractivity contribution in [3.63, 3.8) is 0 Å². The van der Waals surface area contributed by atoms with Gasteiger partial charge in [0.2, 0.25) is 5.91 Å². The zero-order valence-electron chi connectivity index (χ0n) is 10.9. The maximum Gasteiger partial charge on any atom is 0.236 e. The van der Waals surface area contributed by atoms with E-state index in [1.165, 1.54) is 18.1 Å². The molecule has 0 radical (unpaired) electrons. The normalized spacial score (nSPS) is 16.6. The number of hydrogen-bond acceptors (Lipinski definition) is 6. The topological polar surface area (TPSA) is 79.6 Å². The van der Waals surface area contributed by atoms with Crippen LogP contribution in [0.3, 0.4) is 0 Å². The molecule has 1 aliphatic heterocycles. The quantitative estimate of drug-likeness (QED) is 0.690. The van der Waals surface area contributed by atoms with E-state index in [1.807, 2.05) is 30.3 Å². The number of aromatic nitrogens is 2. The number of thioether (sulfide) groups is 1. The molecule has 3 rings (SSSR count). The van der Waals surface area contributed by atoms with Crippen molar-refractivity contribution >= 4 is 29.1 Å². The fourth-order valence-electron chi connectivity index (χ4n) is 1.73. The summed E-state index contributed by atoms with van der Waals surface area (Å²) in [5.74, 6) is 0.366. The Morgan fingerprint density at radius 1 is 1.24 bits per heavy atom. The van der Waals surface area contributed by atoms with Crippen LogP contribution in [-0.2, 0) is 4.79 Å². The van der Waals surface area contributed by atoms with E-state index in [2.05, 4.69) is 25.5 Å². The molecule has 6 nitrogen and oxygen atoms in total. The molecule has 0 atom stereocenters. The lowest BCUT2D eigenvalue weighted by atomic mass is 10.1. The third-order valence-corrected chi connectivity index (χ3v) is 3.59. The molecule has 1 fully saturated rings. The summed E-state index contributed by atoms with van der Waals surface area (Å²) in [5, 5.41) is 11.1. The predicted molar refractivity (Wildman–Crippen MR) is 83.1 cm³/mol. The third-order valence-electron chi connectivity index (χ3n) is 2.73. The molecule has 1 aliphatic rings. The minimum atomic E-state index is -0.0387. The fourth-order valence-corrected chi connectivity index (χ4v) is 2.36. The number of nitrogens with zero attached hydrogens (tertiary/aromatic N) is 4. The molecule has 1 saturated heterocycles. The van der Waals surface area contributed by atoms with Crippen molar-refractivity contribution in [3.05, 3.63) is 48.4 Å². The van der Waals surface area contributed by atoms with Gasteiger partial charge in [0.15, 0.2) is 5.17 Å². The van der Waals surface area contributed by atoms with Gasteiger partial charge in [-0.25, -0.2) is 9.97 Å². The first kappa shape index (κ1) is 13.4. The smallest absolute Gasteiger partial charge is 0.236 e. The highest BCUT2D eigenvalue weighted by molar-refractivity contribution is 8.15. The second kappa shape index (κ2) is 6.27. The Kier molecular flexibility index (Phi) is 4.02. The summed E-state index contributed by atoms with van der Waals surface area (Å²) in [4.78, 5) is 19.1. The molecule has 1 amide bonds. The molecule has 2 heterocycles. The van der Waals surface area contributed by atoms with Gasteiger partial charge in [-0.2, -0.15) is 5.10 Å². The molecule has 0 unspecified atom stereocenters. The Labute approximate surface area is 125 Å². The van der Waals surface area contributed by atoms with Crippen LogP contribution >= 0.6 is 11.8 Å². The van der Waals surface area contributed by atoms with Crippen molar-refractivity contribution in [3.8, 4) is 11.3 Å². The zero-order chi connectivity index (χ0) is 14.5. The first-order valence-corrected chi connectivity index (χ1v) is 7.20. The van der Waals surface area contributed by atoms with Crippen LogP contribution in [0.25, 0.3) is 11.3 Å². The van der Waals surface area contributed by atoms with E-state index in [9.17, 15) is 4.79 Å². The lowest BCUT2D eigenvalue weighted by molar-refractivity contribution is -0.116. The van der Waals surface area contributed by atoms with E-state index >= 15 is 0 Å². The van der Waals surface area contributed by atoms with E-state index in [1.54, 1.807) is 12.4 Å². The molecule has 0 bridgehead atoms. The Morgan fingerprint density at radius 3 is 2.76 bits per heavy atom. The van der Waals surface area contributed by atoms with E-state index in [4.69, 9.17) is 0 Å². The Morgan fingerprint density at radius 2 is 2.10 bits per heavy atom. The maximum absolute atomic E-state index is 11.0. The number of nitrogens with one attached hydrogen (secondary N) is 1. The molecule has 0 saturated carbocycles. The first-order chi connectivity index (χ1) is 10.3. The van der Waals surface area contributed by atoms with Crippen LogP contribution in [-0.4, -0.2) is 33.0 Å². The van der Waals surface area contributed by atoms with Crippen LogP contribution < -0.4 is 5.32 Å². The molecule has 104 valence electrons. The molecule has 0 spiro atoms. The van der Waals surface area contributed by atoms with Crippen LogP contribution in [0.4, 0.5) is 0 Å². The standard InChI is InChI=1S/C14H11N5OS/c20-13-8-21-14(18-13)19-17-7-10-1-3-11(4-2-10)12-5-6-15-9-16-12/h1-7,9H,8H2,(H,18,19,20). The van der Waals surface area contributed by atoms with Gasteiger partial charge in [-0.3, -0.25) is 4.79 Å². The van der Waals surface area contributed by atoms with Crippen LogP contribution in [0.1, 0.15) is 5.56 Å². The second-order valence-electron chi connectivity index (χ2n) is 4.20. The van der Waals surface area contributed by atoms with Gasteiger partial charge in [0, 0.05) is 11.8 Å². The predicted octanol–water partition coefficient (Wildman–Crippen LogP) is 1.70. The lowest BCUT2D eigenvalue weighted by Crippen LogP contribution is -2.19. The molecular weight excluding hydrogens is 286 g/mol. The zero-order valence-corrected chi connectivity index (χ0v) is 11.7. The monoisotopic (exact) mass is 297 g/mol. The molecule has 1 N–H and O–H groups in total. The molecular formula is C14H11N5OS. The van der Waals surface area contributed by atoms with Crippen LogP contribution in [0.15, 0.2) is 53.1 Å². The molecule has 1 aromatic carbocycles. The third kappa shape index (κ3) is 3.51. The highest BCUT2D eigenvalue weighted by atomic mass is 32.2. The Balaban J connectivity index is 1.69. The van der Waals surface area contributed by atoms with Crippen LogP contribution in [0.2, 0.25) is 0 Å². The van der Waals surface area contributed by atoms with Gasteiger partial charge in [-0.05, 0) is 11.6 Å². The van der Waals surface area contributed by atoms with Crippen molar-refractivity contribution in [1.29, 1.82) is 0 Å². The highest BCUT2D eigenvalue weighted by Crippen LogP contribution is 2.15. The second-order valence-corrected chi connectivity index (χ2v) is 5.17. The van der Waals surface area contributed by atoms with Gasteiger partial charge in [0.1, 0.15) is 6.33 Å². The summed E-state index contributed by atoms with van der Waals surface area (Å²) in [6.45, 7) is 0.